The molecule has 0 aromatic heterocycles. The summed E-state index contributed by atoms with van der Waals surface area (Å²) in [5, 5.41) is 6.37. The third-order valence-corrected chi connectivity index (χ3v) is 2.94. The lowest BCUT2D eigenvalue weighted by atomic mass is 10.0. The van der Waals surface area contributed by atoms with E-state index in [0.29, 0.717) is 19.0 Å². The van der Waals surface area contributed by atoms with Gasteiger partial charge in [0.05, 0.1) is 0 Å². The maximum absolute atomic E-state index is 11.5. The van der Waals surface area contributed by atoms with Crippen molar-refractivity contribution in [2.24, 2.45) is 0 Å². The molecule has 3 nitrogen and oxygen atoms in total. The normalized spacial score (nSPS) is 20.2. The van der Waals surface area contributed by atoms with Gasteiger partial charge in [-0.1, -0.05) is 18.1 Å². The van der Waals surface area contributed by atoms with E-state index in [1.165, 1.54) is 24.8 Å². The molecule has 0 aliphatic carbocycles. The average molecular weight is 224 g/mol. The summed E-state index contributed by atoms with van der Waals surface area (Å²) in [6, 6.07) is 0.558. The molecule has 1 saturated heterocycles. The van der Waals surface area contributed by atoms with Gasteiger partial charge in [-0.05, 0) is 39.7 Å². The van der Waals surface area contributed by atoms with Crippen LogP contribution in [0.4, 0.5) is 0 Å². The Hall–Kier alpha value is -0.830. The third-order valence-electron chi connectivity index (χ3n) is 2.94. The van der Waals surface area contributed by atoms with Crippen LogP contribution in [0.1, 0.15) is 46.0 Å². The molecule has 0 aromatic rings. The van der Waals surface area contributed by atoms with Gasteiger partial charge < -0.3 is 10.6 Å². The Morgan fingerprint density at radius 3 is 2.88 bits per heavy atom. The molecular formula is C13H24N2O. The number of rotatable bonds is 5. The van der Waals surface area contributed by atoms with Crippen LogP contribution in [0.3, 0.4) is 0 Å². The molecular weight excluding hydrogens is 200 g/mol. The minimum absolute atomic E-state index is 0.171. The van der Waals surface area contributed by atoms with Gasteiger partial charge >= 0.3 is 0 Å². The molecule has 16 heavy (non-hydrogen) atoms. The van der Waals surface area contributed by atoms with Crippen LogP contribution in [0.2, 0.25) is 0 Å². The van der Waals surface area contributed by atoms with Gasteiger partial charge in [-0.3, -0.25) is 4.79 Å². The molecule has 92 valence electrons. The summed E-state index contributed by atoms with van der Waals surface area (Å²) in [4.78, 5) is 11.5. The second-order valence-electron chi connectivity index (χ2n) is 4.77. The van der Waals surface area contributed by atoms with Crippen LogP contribution >= 0.6 is 0 Å². The van der Waals surface area contributed by atoms with Gasteiger partial charge in [0.1, 0.15) is 0 Å². The number of nitrogens with one attached hydrogen (secondary N) is 2. The minimum Gasteiger partial charge on any atom is -0.353 e. The van der Waals surface area contributed by atoms with Crippen molar-refractivity contribution >= 4 is 5.91 Å². The zero-order valence-corrected chi connectivity index (χ0v) is 10.5. The van der Waals surface area contributed by atoms with Crippen molar-refractivity contribution in [2.75, 3.05) is 13.1 Å². The summed E-state index contributed by atoms with van der Waals surface area (Å²) in [6.07, 6.45) is 7.47. The first-order valence-corrected chi connectivity index (χ1v) is 6.32. The van der Waals surface area contributed by atoms with E-state index in [0.717, 1.165) is 13.0 Å². The highest BCUT2D eigenvalue weighted by Gasteiger charge is 2.13. The van der Waals surface area contributed by atoms with E-state index in [1.807, 2.05) is 19.9 Å². The molecule has 1 rings (SSSR count). The summed E-state index contributed by atoms with van der Waals surface area (Å²) < 4.78 is 0. The molecule has 1 heterocycles. The third kappa shape index (κ3) is 5.91. The summed E-state index contributed by atoms with van der Waals surface area (Å²) in [5.74, 6) is 0.171. The van der Waals surface area contributed by atoms with E-state index in [1.54, 1.807) is 0 Å². The molecule has 0 radical (unpaired) electrons. The number of piperidine rings is 1. The predicted molar refractivity (Wildman–Crippen MR) is 67.3 cm³/mol. The number of hydrogen-bond donors (Lipinski definition) is 2. The van der Waals surface area contributed by atoms with Crippen LogP contribution in [-0.4, -0.2) is 25.0 Å². The maximum atomic E-state index is 11.5. The van der Waals surface area contributed by atoms with Gasteiger partial charge in [-0.25, -0.2) is 0 Å². The highest BCUT2D eigenvalue weighted by molar-refractivity contribution is 5.76. The van der Waals surface area contributed by atoms with Crippen molar-refractivity contribution in [2.45, 2.75) is 52.0 Å². The summed E-state index contributed by atoms with van der Waals surface area (Å²) in [6.45, 7) is 5.86. The van der Waals surface area contributed by atoms with Crippen molar-refractivity contribution in [3.8, 4) is 0 Å². The highest BCUT2D eigenvalue weighted by atomic mass is 16.1. The lowest BCUT2D eigenvalue weighted by Crippen LogP contribution is -2.35. The van der Waals surface area contributed by atoms with Crippen LogP contribution in [0, 0.1) is 0 Å². The van der Waals surface area contributed by atoms with Crippen molar-refractivity contribution < 1.29 is 4.79 Å². The molecule has 1 unspecified atom stereocenters. The van der Waals surface area contributed by atoms with Gasteiger partial charge in [-0.15, -0.1) is 0 Å². The summed E-state index contributed by atoms with van der Waals surface area (Å²) in [5.41, 5.74) is 1.24. The van der Waals surface area contributed by atoms with E-state index in [4.69, 9.17) is 0 Å². The number of allylic oxidation sites excluding steroid dienone is 1. The summed E-state index contributed by atoms with van der Waals surface area (Å²) >= 11 is 0. The second-order valence-corrected chi connectivity index (χ2v) is 4.77. The van der Waals surface area contributed by atoms with Gasteiger partial charge in [0.2, 0.25) is 5.91 Å². The number of carbonyl (C=O) groups excluding carboxylic acids is 1. The van der Waals surface area contributed by atoms with Crippen molar-refractivity contribution in [3.63, 3.8) is 0 Å². The quantitative estimate of drug-likeness (QED) is 0.701. The summed E-state index contributed by atoms with van der Waals surface area (Å²) in [7, 11) is 0. The number of hydrogen-bond acceptors (Lipinski definition) is 2. The first-order chi connectivity index (χ1) is 7.68. The second kappa shape index (κ2) is 7.44. The van der Waals surface area contributed by atoms with Crippen LogP contribution in [-0.2, 0) is 4.79 Å². The average Bonchev–Trinajstić information content (AvgIpc) is 2.27. The lowest BCUT2D eigenvalue weighted by Gasteiger charge is -2.22. The van der Waals surface area contributed by atoms with Crippen molar-refractivity contribution in [1.82, 2.24) is 10.6 Å². The van der Waals surface area contributed by atoms with Crippen LogP contribution < -0.4 is 10.6 Å². The molecule has 0 saturated carbocycles. The molecule has 1 fully saturated rings. The van der Waals surface area contributed by atoms with Gasteiger partial charge in [0.25, 0.3) is 0 Å². The molecule has 1 amide bonds. The highest BCUT2D eigenvalue weighted by Crippen LogP contribution is 2.11. The Kier molecular flexibility index (Phi) is 6.16. The Labute approximate surface area is 98.7 Å². The number of carbonyl (C=O) groups is 1. The first kappa shape index (κ1) is 13.2. The first-order valence-electron chi connectivity index (χ1n) is 6.32. The fourth-order valence-electron chi connectivity index (χ4n) is 1.93. The molecule has 1 atom stereocenters. The SMILES string of the molecule is CC(C)=CCNC(=O)CCC1CCCCN1. The van der Waals surface area contributed by atoms with Crippen LogP contribution in [0.15, 0.2) is 11.6 Å². The topological polar surface area (TPSA) is 41.1 Å². The number of amides is 1. The fraction of sp³-hybridized carbons (Fsp3) is 0.769. The molecule has 0 aromatic carbocycles. The van der Waals surface area contributed by atoms with Crippen molar-refractivity contribution in [1.29, 1.82) is 0 Å². The molecule has 2 N–H and O–H groups in total. The Morgan fingerprint density at radius 2 is 2.25 bits per heavy atom. The van der Waals surface area contributed by atoms with E-state index < -0.39 is 0 Å². The lowest BCUT2D eigenvalue weighted by molar-refractivity contribution is -0.121. The standard InChI is InChI=1S/C13H24N2O/c1-11(2)8-10-15-13(16)7-6-12-5-3-4-9-14-12/h8,12,14H,3-7,9-10H2,1-2H3,(H,15,16). The van der Waals surface area contributed by atoms with E-state index in [-0.39, 0.29) is 5.91 Å². The Bertz CT molecular complexity index is 238. The van der Waals surface area contributed by atoms with E-state index >= 15 is 0 Å². The zero-order chi connectivity index (χ0) is 11.8. The Balaban J connectivity index is 2.07. The molecule has 3 heteroatoms. The van der Waals surface area contributed by atoms with Crippen molar-refractivity contribution in [3.05, 3.63) is 11.6 Å². The predicted octanol–water partition coefficient (Wildman–Crippen LogP) is 1.99. The molecule has 1 aliphatic heterocycles. The van der Waals surface area contributed by atoms with E-state index in [9.17, 15) is 4.79 Å². The van der Waals surface area contributed by atoms with Gasteiger partial charge in [-0.2, -0.15) is 0 Å². The molecule has 0 spiro atoms. The van der Waals surface area contributed by atoms with Crippen LogP contribution in [0.5, 0.6) is 0 Å². The maximum Gasteiger partial charge on any atom is 0.220 e. The smallest absolute Gasteiger partial charge is 0.220 e. The van der Waals surface area contributed by atoms with Gasteiger partial charge in [0, 0.05) is 19.0 Å². The molecule has 1 aliphatic rings. The van der Waals surface area contributed by atoms with E-state index in [2.05, 4.69) is 10.6 Å². The molecule has 0 bridgehead atoms. The van der Waals surface area contributed by atoms with Crippen LogP contribution in [0.25, 0.3) is 0 Å². The monoisotopic (exact) mass is 224 g/mol. The minimum atomic E-state index is 0.171. The zero-order valence-electron chi connectivity index (χ0n) is 10.5. The Morgan fingerprint density at radius 1 is 1.44 bits per heavy atom. The fourth-order valence-corrected chi connectivity index (χ4v) is 1.93. The largest absolute Gasteiger partial charge is 0.353 e. The van der Waals surface area contributed by atoms with Gasteiger partial charge in [0.15, 0.2) is 0 Å².